The molecule has 1 aromatic carbocycles. The molecule has 2 nitrogen and oxygen atoms in total. The van der Waals surface area contributed by atoms with Gasteiger partial charge in [0.05, 0.1) is 12.0 Å². The van der Waals surface area contributed by atoms with Crippen molar-refractivity contribution in [1.82, 2.24) is 5.32 Å². The van der Waals surface area contributed by atoms with Crippen LogP contribution in [-0.4, -0.2) is 25.6 Å². The van der Waals surface area contributed by atoms with Crippen LogP contribution in [0.4, 0.5) is 0 Å². The summed E-state index contributed by atoms with van der Waals surface area (Å²) in [6.07, 6.45) is 0. The molecule has 1 rings (SSSR count). The highest BCUT2D eigenvalue weighted by atomic mass is 35.5. The lowest BCUT2D eigenvalue weighted by molar-refractivity contribution is 0.197. The number of halogens is 3. The van der Waals surface area contributed by atoms with Gasteiger partial charge in [-0.25, -0.2) is 0 Å². The highest BCUT2D eigenvalue weighted by molar-refractivity contribution is 6.33. The monoisotopic (exact) mass is 281 g/mol. The average molecular weight is 283 g/mol. The van der Waals surface area contributed by atoms with E-state index in [4.69, 9.17) is 39.5 Å². The number of rotatable bonds is 6. The molecular formula is C11H14Cl3NO. The summed E-state index contributed by atoms with van der Waals surface area (Å²) < 4.78 is 4.93. The van der Waals surface area contributed by atoms with Gasteiger partial charge in [-0.3, -0.25) is 0 Å². The average Bonchev–Trinajstić information content (AvgIpc) is 2.23. The van der Waals surface area contributed by atoms with Crippen molar-refractivity contribution in [3.8, 4) is 0 Å². The molecule has 0 aliphatic carbocycles. The van der Waals surface area contributed by atoms with Crippen LogP contribution in [0.2, 0.25) is 10.0 Å². The van der Waals surface area contributed by atoms with Crippen molar-refractivity contribution in [3.63, 3.8) is 0 Å². The van der Waals surface area contributed by atoms with Crippen molar-refractivity contribution in [2.24, 2.45) is 0 Å². The van der Waals surface area contributed by atoms with Crippen LogP contribution in [-0.2, 0) is 11.3 Å². The zero-order valence-electron chi connectivity index (χ0n) is 8.97. The maximum absolute atomic E-state index is 6.02. The van der Waals surface area contributed by atoms with Gasteiger partial charge in [-0.2, -0.15) is 0 Å². The van der Waals surface area contributed by atoms with Crippen LogP contribution in [0.3, 0.4) is 0 Å². The van der Waals surface area contributed by atoms with Crippen molar-refractivity contribution in [2.75, 3.05) is 20.3 Å². The minimum Gasteiger partial charge on any atom is -0.383 e. The lowest BCUT2D eigenvalue weighted by atomic mass is 10.2. The summed E-state index contributed by atoms with van der Waals surface area (Å²) >= 11 is 17.9. The quantitative estimate of drug-likeness (QED) is 0.808. The molecule has 1 unspecified atom stereocenters. The van der Waals surface area contributed by atoms with Gasteiger partial charge in [-0.05, 0) is 23.8 Å². The third-order valence-electron chi connectivity index (χ3n) is 2.04. The molecule has 1 atom stereocenters. The van der Waals surface area contributed by atoms with E-state index in [1.54, 1.807) is 19.2 Å². The first-order valence-corrected chi connectivity index (χ1v) is 6.10. The lowest BCUT2D eigenvalue weighted by Gasteiger charge is -2.10. The summed E-state index contributed by atoms with van der Waals surface area (Å²) in [5, 5.41) is 4.54. The molecular weight excluding hydrogens is 268 g/mol. The minimum absolute atomic E-state index is 0.0389. The SMILES string of the molecule is COCC(Cl)CNCc1cc(Cl)ccc1Cl. The Labute approximate surface area is 111 Å². The smallest absolute Gasteiger partial charge is 0.0694 e. The predicted molar refractivity (Wildman–Crippen MR) is 69.7 cm³/mol. The second-order valence-electron chi connectivity index (χ2n) is 3.42. The first-order chi connectivity index (χ1) is 7.63. The summed E-state index contributed by atoms with van der Waals surface area (Å²) in [6.45, 7) is 1.84. The standard InChI is InChI=1S/C11H14Cl3NO/c1-16-7-10(13)6-15-5-8-4-9(12)2-3-11(8)14/h2-4,10,15H,5-7H2,1H3. The summed E-state index contributed by atoms with van der Waals surface area (Å²) in [5.74, 6) is 0. The van der Waals surface area contributed by atoms with E-state index in [1.165, 1.54) is 0 Å². The molecule has 0 heterocycles. The Bertz CT molecular complexity index is 333. The van der Waals surface area contributed by atoms with E-state index in [1.807, 2.05) is 6.07 Å². The van der Waals surface area contributed by atoms with Crippen LogP contribution in [0.25, 0.3) is 0 Å². The van der Waals surface area contributed by atoms with Crippen LogP contribution in [0.5, 0.6) is 0 Å². The fraction of sp³-hybridized carbons (Fsp3) is 0.455. The molecule has 0 aliphatic rings. The number of hydrogen-bond acceptors (Lipinski definition) is 2. The van der Waals surface area contributed by atoms with E-state index >= 15 is 0 Å². The van der Waals surface area contributed by atoms with Gasteiger partial charge in [0.1, 0.15) is 0 Å². The molecule has 0 bridgehead atoms. The summed E-state index contributed by atoms with van der Waals surface area (Å²) in [4.78, 5) is 0. The third-order valence-corrected chi connectivity index (χ3v) is 2.92. The fourth-order valence-corrected chi connectivity index (χ4v) is 1.90. The van der Waals surface area contributed by atoms with Crippen LogP contribution < -0.4 is 5.32 Å². The summed E-state index contributed by atoms with van der Waals surface area (Å²) in [7, 11) is 1.63. The third kappa shape index (κ3) is 4.89. The van der Waals surface area contributed by atoms with E-state index in [-0.39, 0.29) is 5.38 Å². The molecule has 0 aromatic heterocycles. The molecule has 0 spiro atoms. The van der Waals surface area contributed by atoms with Crippen molar-refractivity contribution >= 4 is 34.8 Å². The Balaban J connectivity index is 2.39. The molecule has 0 saturated carbocycles. The minimum atomic E-state index is -0.0389. The number of methoxy groups -OCH3 is 1. The van der Waals surface area contributed by atoms with E-state index in [0.29, 0.717) is 29.7 Å². The Kier molecular flexibility index (Phi) is 6.47. The highest BCUT2D eigenvalue weighted by Gasteiger charge is 2.05. The number of benzene rings is 1. The molecule has 0 amide bonds. The van der Waals surface area contributed by atoms with Crippen LogP contribution >= 0.6 is 34.8 Å². The van der Waals surface area contributed by atoms with Crippen molar-refractivity contribution in [2.45, 2.75) is 11.9 Å². The van der Waals surface area contributed by atoms with E-state index in [9.17, 15) is 0 Å². The maximum atomic E-state index is 6.02. The van der Waals surface area contributed by atoms with Crippen LogP contribution in [0.1, 0.15) is 5.56 Å². The number of hydrogen-bond donors (Lipinski definition) is 1. The van der Waals surface area contributed by atoms with Crippen LogP contribution in [0.15, 0.2) is 18.2 Å². The fourth-order valence-electron chi connectivity index (χ4n) is 1.28. The molecule has 0 aliphatic heterocycles. The number of ether oxygens (including phenoxy) is 1. The van der Waals surface area contributed by atoms with E-state index in [2.05, 4.69) is 5.32 Å². The van der Waals surface area contributed by atoms with Gasteiger partial charge in [0, 0.05) is 30.2 Å². The first kappa shape index (κ1) is 14.1. The van der Waals surface area contributed by atoms with Crippen molar-refractivity contribution < 1.29 is 4.74 Å². The van der Waals surface area contributed by atoms with Gasteiger partial charge >= 0.3 is 0 Å². The molecule has 0 fully saturated rings. The lowest BCUT2D eigenvalue weighted by Crippen LogP contribution is -2.25. The molecule has 5 heteroatoms. The molecule has 1 aromatic rings. The topological polar surface area (TPSA) is 21.3 Å². The molecule has 0 saturated heterocycles. The molecule has 1 N–H and O–H groups in total. The predicted octanol–water partition coefficient (Wildman–Crippen LogP) is 3.34. The zero-order valence-corrected chi connectivity index (χ0v) is 11.2. The normalized spacial score (nSPS) is 12.8. The molecule has 90 valence electrons. The largest absolute Gasteiger partial charge is 0.383 e. The highest BCUT2D eigenvalue weighted by Crippen LogP contribution is 2.20. The van der Waals surface area contributed by atoms with Crippen molar-refractivity contribution in [3.05, 3.63) is 33.8 Å². The van der Waals surface area contributed by atoms with Gasteiger partial charge in [0.25, 0.3) is 0 Å². The van der Waals surface area contributed by atoms with E-state index in [0.717, 1.165) is 5.56 Å². The summed E-state index contributed by atoms with van der Waals surface area (Å²) in [5.41, 5.74) is 0.968. The van der Waals surface area contributed by atoms with Gasteiger partial charge in [0.2, 0.25) is 0 Å². The summed E-state index contributed by atoms with van der Waals surface area (Å²) in [6, 6.07) is 5.40. The number of nitrogens with one attached hydrogen (secondary N) is 1. The maximum Gasteiger partial charge on any atom is 0.0694 e. The second-order valence-corrected chi connectivity index (χ2v) is 4.88. The van der Waals surface area contributed by atoms with Gasteiger partial charge in [-0.15, -0.1) is 11.6 Å². The first-order valence-electron chi connectivity index (χ1n) is 4.91. The Morgan fingerprint density at radius 1 is 1.38 bits per heavy atom. The molecule has 16 heavy (non-hydrogen) atoms. The Morgan fingerprint density at radius 3 is 2.81 bits per heavy atom. The van der Waals surface area contributed by atoms with Crippen molar-refractivity contribution in [1.29, 1.82) is 0 Å². The van der Waals surface area contributed by atoms with E-state index < -0.39 is 0 Å². The second kappa shape index (κ2) is 7.36. The zero-order chi connectivity index (χ0) is 12.0. The Hall–Kier alpha value is 0.01000. The number of alkyl halides is 1. The van der Waals surface area contributed by atoms with Crippen LogP contribution in [0, 0.1) is 0 Å². The van der Waals surface area contributed by atoms with Gasteiger partial charge in [0.15, 0.2) is 0 Å². The van der Waals surface area contributed by atoms with Gasteiger partial charge < -0.3 is 10.1 Å². The Morgan fingerprint density at radius 2 is 2.12 bits per heavy atom. The molecule has 0 radical (unpaired) electrons. The van der Waals surface area contributed by atoms with Gasteiger partial charge in [-0.1, -0.05) is 23.2 Å².